The van der Waals surface area contributed by atoms with E-state index in [2.05, 4.69) is 37.4 Å². The van der Waals surface area contributed by atoms with Crippen molar-refractivity contribution in [3.05, 3.63) is 34.9 Å². The van der Waals surface area contributed by atoms with E-state index in [1.54, 1.807) is 19.1 Å². The molecule has 1 aromatic carbocycles. The number of ether oxygens (including phenoxy) is 2. The minimum atomic E-state index is -0.748. The van der Waals surface area contributed by atoms with Gasteiger partial charge in [0, 0.05) is 26.2 Å². The van der Waals surface area contributed by atoms with Gasteiger partial charge in [0.15, 0.2) is 0 Å². The van der Waals surface area contributed by atoms with E-state index in [0.717, 1.165) is 50.5 Å². The minimum absolute atomic E-state index is 0.118. The fraction of sp³-hybridized carbons (Fsp3) is 0.720. The van der Waals surface area contributed by atoms with Crippen molar-refractivity contribution in [1.82, 2.24) is 10.2 Å². The Morgan fingerprint density at radius 2 is 2.00 bits per heavy atom. The maximum Gasteiger partial charge on any atom is 0.250 e. The van der Waals surface area contributed by atoms with Crippen molar-refractivity contribution in [2.75, 3.05) is 27.4 Å². The van der Waals surface area contributed by atoms with Crippen LogP contribution in [0.4, 0.5) is 0 Å². The van der Waals surface area contributed by atoms with Gasteiger partial charge in [-0.25, -0.2) is 0 Å². The van der Waals surface area contributed by atoms with Gasteiger partial charge in [0.2, 0.25) is 0 Å². The highest BCUT2D eigenvalue weighted by atomic mass is 16.5. The Balaban J connectivity index is 1.75. The number of hydrogen-bond acceptors (Lipinski definition) is 5. The Kier molecular flexibility index (Phi) is 6.46. The second-order valence-electron chi connectivity index (χ2n) is 10.1. The summed E-state index contributed by atoms with van der Waals surface area (Å²) in [5.74, 6) is 0.773. The molecule has 3 N–H and O–H groups in total. The van der Waals surface area contributed by atoms with Crippen molar-refractivity contribution in [2.45, 2.75) is 76.7 Å². The third-order valence-electron chi connectivity index (χ3n) is 7.95. The Bertz CT molecular complexity index is 803. The van der Waals surface area contributed by atoms with Crippen molar-refractivity contribution < 1.29 is 14.3 Å². The molecule has 31 heavy (non-hydrogen) atoms. The van der Waals surface area contributed by atoms with Gasteiger partial charge < -0.3 is 14.4 Å². The number of rotatable bonds is 7. The molecular weight excluding hydrogens is 390 g/mol. The van der Waals surface area contributed by atoms with Gasteiger partial charge in [0.05, 0.1) is 12.7 Å². The summed E-state index contributed by atoms with van der Waals surface area (Å²) < 4.78 is 10.9. The average Bonchev–Trinajstić information content (AvgIpc) is 3.17. The van der Waals surface area contributed by atoms with Crippen LogP contribution in [0.2, 0.25) is 0 Å². The van der Waals surface area contributed by atoms with Crippen LogP contribution in [0.1, 0.15) is 62.6 Å². The van der Waals surface area contributed by atoms with Crippen molar-refractivity contribution in [3.8, 4) is 0 Å². The van der Waals surface area contributed by atoms with Crippen LogP contribution in [0.3, 0.4) is 0 Å². The number of hydrogen-bond donors (Lipinski definition) is 2. The monoisotopic (exact) mass is 429 g/mol. The van der Waals surface area contributed by atoms with Crippen molar-refractivity contribution in [3.63, 3.8) is 0 Å². The van der Waals surface area contributed by atoms with Crippen molar-refractivity contribution >= 4 is 5.91 Å². The van der Waals surface area contributed by atoms with Gasteiger partial charge in [-0.1, -0.05) is 32.0 Å². The number of fused-ring (bicyclic) bond motifs is 3. The molecule has 1 aliphatic heterocycles. The molecule has 1 heterocycles. The second kappa shape index (κ2) is 8.81. The SMILES string of the molecule is COCCN1C(=O)C2(NC1N)c1cc(CCC(C)C)ccc1C[C@]21CC[C@@H](OC)CC1. The lowest BCUT2D eigenvalue weighted by Gasteiger charge is -2.46. The van der Waals surface area contributed by atoms with Gasteiger partial charge in [-0.15, -0.1) is 0 Å². The Morgan fingerprint density at radius 3 is 2.65 bits per heavy atom. The predicted molar refractivity (Wildman–Crippen MR) is 121 cm³/mol. The first kappa shape index (κ1) is 22.7. The van der Waals surface area contributed by atoms with Gasteiger partial charge in [0.25, 0.3) is 5.91 Å². The molecule has 2 fully saturated rings. The molecule has 1 saturated heterocycles. The third-order valence-corrected chi connectivity index (χ3v) is 7.95. The van der Waals surface area contributed by atoms with Gasteiger partial charge in [0.1, 0.15) is 11.8 Å². The molecule has 1 aromatic rings. The van der Waals surface area contributed by atoms with E-state index in [1.807, 2.05) is 0 Å². The molecule has 4 rings (SSSR count). The molecule has 3 aliphatic rings. The highest BCUT2D eigenvalue weighted by molar-refractivity contribution is 5.93. The van der Waals surface area contributed by atoms with Gasteiger partial charge in [-0.2, -0.15) is 0 Å². The highest BCUT2D eigenvalue weighted by Crippen LogP contribution is 2.60. The first-order valence-corrected chi connectivity index (χ1v) is 11.9. The highest BCUT2D eigenvalue weighted by Gasteiger charge is 2.67. The number of carbonyl (C=O) groups excluding carboxylic acids is 1. The van der Waals surface area contributed by atoms with E-state index < -0.39 is 11.8 Å². The molecule has 2 unspecified atom stereocenters. The van der Waals surface area contributed by atoms with Crippen LogP contribution in [0.5, 0.6) is 0 Å². The Hall–Kier alpha value is -1.47. The summed E-state index contributed by atoms with van der Waals surface area (Å²) in [5, 5.41) is 3.64. The topological polar surface area (TPSA) is 76.8 Å². The van der Waals surface area contributed by atoms with E-state index in [0.29, 0.717) is 19.1 Å². The molecule has 2 spiro atoms. The van der Waals surface area contributed by atoms with Crippen LogP contribution in [-0.2, 0) is 32.6 Å². The molecule has 6 heteroatoms. The summed E-state index contributed by atoms with van der Waals surface area (Å²) in [6, 6.07) is 6.82. The van der Waals surface area contributed by atoms with E-state index in [1.165, 1.54) is 11.1 Å². The first-order valence-electron chi connectivity index (χ1n) is 11.9. The first-order chi connectivity index (χ1) is 14.9. The normalized spacial score (nSPS) is 32.6. The summed E-state index contributed by atoms with van der Waals surface area (Å²) in [4.78, 5) is 15.9. The number of nitrogens with one attached hydrogen (secondary N) is 1. The maximum atomic E-state index is 14.1. The Labute approximate surface area is 186 Å². The molecule has 172 valence electrons. The fourth-order valence-electron chi connectivity index (χ4n) is 6.16. The largest absolute Gasteiger partial charge is 0.383 e. The summed E-state index contributed by atoms with van der Waals surface area (Å²) in [5.41, 5.74) is 9.38. The number of aryl methyl sites for hydroxylation is 1. The third kappa shape index (κ3) is 3.71. The summed E-state index contributed by atoms with van der Waals surface area (Å²) in [6.07, 6.45) is 6.78. The number of methoxy groups -OCH3 is 2. The molecule has 2 atom stereocenters. The number of amides is 1. The second-order valence-corrected chi connectivity index (χ2v) is 10.1. The lowest BCUT2D eigenvalue weighted by Crippen LogP contribution is -2.57. The lowest BCUT2D eigenvalue weighted by molar-refractivity contribution is -0.140. The number of nitrogens with two attached hydrogens (primary N) is 1. The van der Waals surface area contributed by atoms with Gasteiger partial charge >= 0.3 is 0 Å². The van der Waals surface area contributed by atoms with Crippen LogP contribution >= 0.6 is 0 Å². The molecule has 0 bridgehead atoms. The van der Waals surface area contributed by atoms with E-state index in [9.17, 15) is 4.79 Å². The minimum Gasteiger partial charge on any atom is -0.383 e. The molecule has 2 aliphatic carbocycles. The standard InChI is InChI=1S/C25H39N3O3/c1-17(2)5-6-18-7-8-19-16-24(11-9-20(31-4)10-12-24)25(21(19)15-18)22(29)28(13-14-30-3)23(26)27-25/h7-8,15,17,20,23,27H,5-6,9-14,16,26H2,1-4H3/t20-,23?,24-,25?. The lowest BCUT2D eigenvalue weighted by atomic mass is 9.61. The molecule has 0 radical (unpaired) electrons. The van der Waals surface area contributed by atoms with Crippen molar-refractivity contribution in [2.24, 2.45) is 17.1 Å². The molecule has 1 amide bonds. The van der Waals surface area contributed by atoms with E-state index in [4.69, 9.17) is 15.2 Å². The van der Waals surface area contributed by atoms with Gasteiger partial charge in [-0.3, -0.25) is 15.8 Å². The fourth-order valence-corrected chi connectivity index (χ4v) is 6.16. The molecular formula is C25H39N3O3. The zero-order chi connectivity index (χ0) is 22.2. The summed E-state index contributed by atoms with van der Waals surface area (Å²) >= 11 is 0. The van der Waals surface area contributed by atoms with E-state index >= 15 is 0 Å². The number of benzene rings is 1. The average molecular weight is 430 g/mol. The zero-order valence-corrected chi connectivity index (χ0v) is 19.6. The van der Waals surface area contributed by atoms with E-state index in [-0.39, 0.29) is 17.4 Å². The number of carbonyl (C=O) groups is 1. The summed E-state index contributed by atoms with van der Waals surface area (Å²) in [7, 11) is 3.46. The van der Waals surface area contributed by atoms with Crippen LogP contribution in [-0.4, -0.2) is 50.6 Å². The van der Waals surface area contributed by atoms with Crippen LogP contribution < -0.4 is 11.1 Å². The number of nitrogens with zero attached hydrogens (tertiary/aromatic N) is 1. The maximum absolute atomic E-state index is 14.1. The Morgan fingerprint density at radius 1 is 1.26 bits per heavy atom. The van der Waals surface area contributed by atoms with Crippen LogP contribution in [0.25, 0.3) is 0 Å². The smallest absolute Gasteiger partial charge is 0.250 e. The van der Waals surface area contributed by atoms with Crippen LogP contribution in [0, 0.1) is 11.3 Å². The van der Waals surface area contributed by atoms with Gasteiger partial charge in [-0.05, 0) is 67.6 Å². The molecule has 1 saturated carbocycles. The zero-order valence-electron chi connectivity index (χ0n) is 19.6. The molecule has 6 nitrogen and oxygen atoms in total. The predicted octanol–water partition coefficient (Wildman–Crippen LogP) is 2.92. The summed E-state index contributed by atoms with van der Waals surface area (Å²) in [6.45, 7) is 5.50. The van der Waals surface area contributed by atoms with Crippen molar-refractivity contribution in [1.29, 1.82) is 0 Å². The molecule has 0 aromatic heterocycles. The quantitative estimate of drug-likeness (QED) is 0.697. The van der Waals surface area contributed by atoms with Crippen LogP contribution in [0.15, 0.2) is 18.2 Å².